The number of ether oxygens (including phenoxy) is 1. The number of imidazole rings is 1. The highest BCUT2D eigenvalue weighted by molar-refractivity contribution is 6.74. The van der Waals surface area contributed by atoms with Gasteiger partial charge >= 0.3 is 6.09 Å². The Balaban J connectivity index is 1.42. The molecule has 1 saturated heterocycles. The summed E-state index contributed by atoms with van der Waals surface area (Å²) in [5, 5.41) is 0.183. The van der Waals surface area contributed by atoms with E-state index >= 15 is 0 Å². The van der Waals surface area contributed by atoms with Crippen LogP contribution in [0.5, 0.6) is 0 Å². The lowest BCUT2D eigenvalue weighted by Gasteiger charge is -2.46. The number of hydrogen-bond donors (Lipinski definition) is 1. The van der Waals surface area contributed by atoms with Gasteiger partial charge in [0.15, 0.2) is 8.32 Å². The molecule has 34 heavy (non-hydrogen) atoms. The zero-order valence-corrected chi connectivity index (χ0v) is 23.2. The Kier molecular flexibility index (Phi) is 6.08. The third-order valence-corrected chi connectivity index (χ3v) is 12.5. The van der Waals surface area contributed by atoms with Crippen molar-refractivity contribution in [2.75, 3.05) is 18.8 Å². The lowest BCUT2D eigenvalue weighted by Crippen LogP contribution is -2.43. The number of nitrogens with zero attached hydrogens (tertiary/aromatic N) is 3. The average molecular weight is 487 g/mol. The molecule has 0 radical (unpaired) electrons. The number of benzene rings is 1. The number of hydrogen-bond acceptors (Lipinski definition) is 5. The van der Waals surface area contributed by atoms with Gasteiger partial charge in [-0.1, -0.05) is 26.8 Å². The van der Waals surface area contributed by atoms with E-state index in [0.29, 0.717) is 18.6 Å². The van der Waals surface area contributed by atoms with Crippen LogP contribution in [0.25, 0.3) is 11.0 Å². The zero-order chi connectivity index (χ0) is 25.1. The summed E-state index contributed by atoms with van der Waals surface area (Å²) < 4.78 is 14.2. The number of nitrogen functional groups attached to an aromatic ring is 1. The third kappa shape index (κ3) is 4.84. The molecule has 1 aromatic carbocycles. The molecule has 2 heterocycles. The molecule has 1 aliphatic heterocycles. The van der Waals surface area contributed by atoms with Crippen molar-refractivity contribution in [1.29, 1.82) is 0 Å². The lowest BCUT2D eigenvalue weighted by molar-refractivity contribution is 0.0200. The van der Waals surface area contributed by atoms with Crippen LogP contribution in [0.1, 0.15) is 72.4 Å². The first kappa shape index (κ1) is 25.0. The highest BCUT2D eigenvalue weighted by atomic mass is 28.4. The Morgan fingerprint density at radius 3 is 2.50 bits per heavy atom. The summed E-state index contributed by atoms with van der Waals surface area (Å²) in [6.07, 6.45) is 2.84. The topological polar surface area (TPSA) is 82.6 Å². The second kappa shape index (κ2) is 8.26. The molecule has 1 spiro atoms. The van der Waals surface area contributed by atoms with Gasteiger partial charge < -0.3 is 24.4 Å². The molecule has 1 aliphatic carbocycles. The standard InChI is InChI=1S/C26H42N4O3Si/c1-24(2,3)33-23(31)29-12-11-26(17-29)14-19(15-26)30-21-10-9-18(13-20(21)28-22(30)27)16-32-34(7,8)25(4,5)6/h9-10,13,19H,11-12,14-17H2,1-8H3,(H2,27,28). The number of anilines is 1. The molecule has 0 bridgehead atoms. The van der Waals surface area contributed by atoms with Gasteiger partial charge in [0.2, 0.25) is 5.95 Å². The largest absolute Gasteiger partial charge is 0.444 e. The summed E-state index contributed by atoms with van der Waals surface area (Å²) in [6, 6.07) is 6.71. The molecule has 1 aromatic heterocycles. The molecular formula is C26H42N4O3Si. The van der Waals surface area contributed by atoms with Gasteiger partial charge in [-0.05, 0) is 81.3 Å². The molecular weight excluding hydrogens is 444 g/mol. The van der Waals surface area contributed by atoms with E-state index in [1.807, 2.05) is 25.7 Å². The monoisotopic (exact) mass is 486 g/mol. The smallest absolute Gasteiger partial charge is 0.410 e. The summed E-state index contributed by atoms with van der Waals surface area (Å²) in [5.74, 6) is 0.569. The van der Waals surface area contributed by atoms with E-state index < -0.39 is 13.9 Å². The van der Waals surface area contributed by atoms with Gasteiger partial charge in [0.1, 0.15) is 5.60 Å². The second-order valence-electron chi connectivity index (χ2n) is 12.9. The number of rotatable bonds is 4. The van der Waals surface area contributed by atoms with Crippen LogP contribution in [-0.4, -0.2) is 47.6 Å². The van der Waals surface area contributed by atoms with Gasteiger partial charge in [-0.15, -0.1) is 0 Å². The van der Waals surface area contributed by atoms with Crippen molar-refractivity contribution in [1.82, 2.24) is 14.5 Å². The molecule has 8 heteroatoms. The maximum absolute atomic E-state index is 12.5. The van der Waals surface area contributed by atoms with Crippen molar-refractivity contribution < 1.29 is 14.0 Å². The van der Waals surface area contributed by atoms with E-state index in [0.717, 1.165) is 48.9 Å². The Morgan fingerprint density at radius 1 is 1.21 bits per heavy atom. The fourth-order valence-electron chi connectivity index (χ4n) is 4.99. The minimum Gasteiger partial charge on any atom is -0.444 e. The number of nitrogens with two attached hydrogens (primary N) is 1. The van der Waals surface area contributed by atoms with E-state index in [2.05, 4.69) is 61.6 Å². The summed E-state index contributed by atoms with van der Waals surface area (Å²) in [6.45, 7) is 19.2. The molecule has 0 atom stereocenters. The van der Waals surface area contributed by atoms with Gasteiger partial charge in [0.05, 0.1) is 17.6 Å². The van der Waals surface area contributed by atoms with Crippen LogP contribution in [0.2, 0.25) is 18.1 Å². The number of fused-ring (bicyclic) bond motifs is 1. The van der Waals surface area contributed by atoms with Crippen LogP contribution in [0.15, 0.2) is 18.2 Å². The van der Waals surface area contributed by atoms with Crippen molar-refractivity contribution in [3.63, 3.8) is 0 Å². The number of amides is 1. The lowest BCUT2D eigenvalue weighted by atomic mass is 9.65. The molecule has 0 unspecified atom stereocenters. The second-order valence-corrected chi connectivity index (χ2v) is 17.7. The van der Waals surface area contributed by atoms with E-state index in [9.17, 15) is 4.79 Å². The Morgan fingerprint density at radius 2 is 1.88 bits per heavy atom. The normalized spacial score (nSPS) is 23.5. The fourth-order valence-corrected chi connectivity index (χ4v) is 5.95. The summed E-state index contributed by atoms with van der Waals surface area (Å²) in [5.41, 5.74) is 9.23. The number of likely N-dealkylation sites (tertiary alicyclic amines) is 1. The van der Waals surface area contributed by atoms with Crippen LogP contribution in [0.4, 0.5) is 10.7 Å². The first-order chi connectivity index (χ1) is 15.6. The minimum atomic E-state index is -1.81. The van der Waals surface area contributed by atoms with Crippen molar-refractivity contribution in [2.45, 2.75) is 97.2 Å². The molecule has 2 N–H and O–H groups in total. The number of carbonyl (C=O) groups is 1. The molecule has 1 amide bonds. The van der Waals surface area contributed by atoms with Gasteiger partial charge in [-0.3, -0.25) is 0 Å². The first-order valence-electron chi connectivity index (χ1n) is 12.5. The van der Waals surface area contributed by atoms with Crippen LogP contribution in [-0.2, 0) is 15.8 Å². The Hall–Kier alpha value is -2.06. The summed E-state index contributed by atoms with van der Waals surface area (Å²) >= 11 is 0. The third-order valence-electron chi connectivity index (χ3n) is 7.98. The van der Waals surface area contributed by atoms with Crippen molar-refractivity contribution in [2.24, 2.45) is 5.41 Å². The molecule has 7 nitrogen and oxygen atoms in total. The molecule has 4 rings (SSSR count). The summed E-state index contributed by atoms with van der Waals surface area (Å²) in [7, 11) is -1.81. The maximum Gasteiger partial charge on any atom is 0.410 e. The molecule has 2 fully saturated rings. The summed E-state index contributed by atoms with van der Waals surface area (Å²) in [4.78, 5) is 19.0. The van der Waals surface area contributed by atoms with Crippen LogP contribution in [0.3, 0.4) is 0 Å². The average Bonchev–Trinajstić information content (AvgIpc) is 3.24. The molecule has 2 aliphatic rings. The van der Waals surface area contributed by atoms with Crippen molar-refractivity contribution >= 4 is 31.4 Å². The van der Waals surface area contributed by atoms with Gasteiger partial charge in [0.25, 0.3) is 0 Å². The Labute approximate surface area is 205 Å². The van der Waals surface area contributed by atoms with Gasteiger partial charge in [0, 0.05) is 19.1 Å². The zero-order valence-electron chi connectivity index (χ0n) is 22.2. The fraction of sp³-hybridized carbons (Fsp3) is 0.692. The number of carbonyl (C=O) groups excluding carboxylic acids is 1. The van der Waals surface area contributed by atoms with Crippen LogP contribution in [0, 0.1) is 5.41 Å². The maximum atomic E-state index is 12.5. The minimum absolute atomic E-state index is 0.168. The highest BCUT2D eigenvalue weighted by Crippen LogP contribution is 2.55. The van der Waals surface area contributed by atoms with Gasteiger partial charge in [-0.2, -0.15) is 0 Å². The van der Waals surface area contributed by atoms with E-state index in [-0.39, 0.29) is 16.5 Å². The van der Waals surface area contributed by atoms with Gasteiger partial charge in [-0.25, -0.2) is 9.78 Å². The predicted molar refractivity (Wildman–Crippen MR) is 139 cm³/mol. The van der Waals surface area contributed by atoms with Crippen LogP contribution >= 0.6 is 0 Å². The predicted octanol–water partition coefficient (Wildman–Crippen LogP) is 6.10. The quantitative estimate of drug-likeness (QED) is 0.528. The highest BCUT2D eigenvalue weighted by Gasteiger charge is 2.51. The van der Waals surface area contributed by atoms with E-state index in [1.165, 1.54) is 0 Å². The van der Waals surface area contributed by atoms with E-state index in [4.69, 9.17) is 14.9 Å². The van der Waals surface area contributed by atoms with E-state index in [1.54, 1.807) is 0 Å². The number of aromatic nitrogens is 2. The molecule has 2 aromatic rings. The SMILES string of the molecule is CC(C)(C)OC(=O)N1CCC2(CC(n3c(N)nc4cc(CO[Si](C)(C)C(C)(C)C)ccc43)C2)C1. The molecule has 1 saturated carbocycles. The molecule has 188 valence electrons. The Bertz CT molecular complexity index is 1070. The van der Waals surface area contributed by atoms with Crippen LogP contribution < -0.4 is 5.73 Å². The van der Waals surface area contributed by atoms with Crippen molar-refractivity contribution in [3.8, 4) is 0 Å². The first-order valence-corrected chi connectivity index (χ1v) is 15.4. The van der Waals surface area contributed by atoms with Crippen molar-refractivity contribution in [3.05, 3.63) is 23.8 Å².